The Labute approximate surface area is 93.9 Å². The molecule has 1 aromatic heterocycles. The zero-order valence-corrected chi connectivity index (χ0v) is 9.69. The molecule has 0 amide bonds. The number of aromatic nitrogens is 2. The number of hydrogen-bond acceptors (Lipinski definition) is 4. The number of aliphatic hydroxyl groups excluding tert-OH is 1. The smallest absolute Gasteiger partial charge is 0.339 e. The lowest BCUT2D eigenvalue weighted by atomic mass is 10.1. The molecule has 6 nitrogen and oxygen atoms in total. The summed E-state index contributed by atoms with van der Waals surface area (Å²) in [6.07, 6.45) is 1.32. The second kappa shape index (κ2) is 4.63. The van der Waals surface area contributed by atoms with Gasteiger partial charge in [0.2, 0.25) is 0 Å². The van der Waals surface area contributed by atoms with Gasteiger partial charge in [-0.2, -0.15) is 5.10 Å². The van der Waals surface area contributed by atoms with Crippen molar-refractivity contribution in [1.82, 2.24) is 15.1 Å². The van der Waals surface area contributed by atoms with Crippen molar-refractivity contribution in [3.05, 3.63) is 17.5 Å². The van der Waals surface area contributed by atoms with Crippen LogP contribution in [0.15, 0.2) is 6.20 Å². The number of carboxylic acid groups (broad SMARTS) is 1. The molecule has 16 heavy (non-hydrogen) atoms. The highest BCUT2D eigenvalue weighted by atomic mass is 16.4. The Morgan fingerprint density at radius 3 is 2.75 bits per heavy atom. The van der Waals surface area contributed by atoms with Crippen molar-refractivity contribution in [2.45, 2.75) is 25.9 Å². The molecule has 0 radical (unpaired) electrons. The normalized spacial score (nSPS) is 11.8. The van der Waals surface area contributed by atoms with Gasteiger partial charge in [-0.15, -0.1) is 0 Å². The summed E-state index contributed by atoms with van der Waals surface area (Å²) in [4.78, 5) is 10.9. The summed E-state index contributed by atoms with van der Waals surface area (Å²) in [5.41, 5.74) is 0.331. The van der Waals surface area contributed by atoms with E-state index in [1.165, 1.54) is 10.9 Å². The molecule has 0 atom stereocenters. The number of aromatic carboxylic acids is 1. The van der Waals surface area contributed by atoms with Crippen molar-refractivity contribution in [2.24, 2.45) is 7.05 Å². The van der Waals surface area contributed by atoms with Gasteiger partial charge in [-0.25, -0.2) is 4.79 Å². The van der Waals surface area contributed by atoms with Crippen LogP contribution in [0.4, 0.5) is 0 Å². The first-order valence-corrected chi connectivity index (χ1v) is 4.97. The van der Waals surface area contributed by atoms with Crippen LogP contribution in [0.25, 0.3) is 0 Å². The molecule has 1 aromatic rings. The number of nitrogens with one attached hydrogen (secondary N) is 1. The first-order chi connectivity index (χ1) is 7.37. The van der Waals surface area contributed by atoms with E-state index in [4.69, 9.17) is 10.2 Å². The molecule has 1 rings (SSSR count). The molecule has 6 heteroatoms. The fourth-order valence-electron chi connectivity index (χ4n) is 1.23. The van der Waals surface area contributed by atoms with Crippen LogP contribution in [-0.2, 0) is 13.6 Å². The molecule has 0 aromatic carbocycles. The summed E-state index contributed by atoms with van der Waals surface area (Å²) in [7, 11) is 1.69. The van der Waals surface area contributed by atoms with Crippen molar-refractivity contribution in [2.75, 3.05) is 6.61 Å². The highest BCUT2D eigenvalue weighted by Gasteiger charge is 2.19. The Morgan fingerprint density at radius 1 is 1.62 bits per heavy atom. The van der Waals surface area contributed by atoms with Gasteiger partial charge in [0.15, 0.2) is 0 Å². The van der Waals surface area contributed by atoms with Crippen molar-refractivity contribution in [3.63, 3.8) is 0 Å². The van der Waals surface area contributed by atoms with Gasteiger partial charge in [-0.1, -0.05) is 0 Å². The number of carboxylic acids is 1. The largest absolute Gasteiger partial charge is 0.478 e. The van der Waals surface area contributed by atoms with Crippen molar-refractivity contribution < 1.29 is 15.0 Å². The van der Waals surface area contributed by atoms with E-state index in [2.05, 4.69) is 10.4 Å². The molecule has 0 aliphatic heterocycles. The maximum atomic E-state index is 10.9. The zero-order chi connectivity index (χ0) is 12.3. The molecule has 1 heterocycles. The van der Waals surface area contributed by atoms with Gasteiger partial charge in [0.1, 0.15) is 5.56 Å². The Morgan fingerprint density at radius 2 is 2.25 bits per heavy atom. The lowest BCUT2D eigenvalue weighted by Crippen LogP contribution is -2.42. The zero-order valence-electron chi connectivity index (χ0n) is 9.69. The number of aliphatic hydroxyl groups is 1. The van der Waals surface area contributed by atoms with Gasteiger partial charge in [0, 0.05) is 19.1 Å². The third-order valence-corrected chi connectivity index (χ3v) is 2.42. The third-order valence-electron chi connectivity index (χ3n) is 2.42. The molecule has 90 valence electrons. The molecule has 0 aliphatic rings. The number of aryl methyl sites for hydroxylation is 1. The fraction of sp³-hybridized carbons (Fsp3) is 0.600. The first kappa shape index (κ1) is 12.7. The maximum absolute atomic E-state index is 10.9. The van der Waals surface area contributed by atoms with Crippen LogP contribution in [0.5, 0.6) is 0 Å². The summed E-state index contributed by atoms with van der Waals surface area (Å²) < 4.78 is 1.52. The van der Waals surface area contributed by atoms with Gasteiger partial charge in [-0.3, -0.25) is 4.68 Å². The highest BCUT2D eigenvalue weighted by Crippen LogP contribution is 2.09. The Hall–Kier alpha value is -1.40. The van der Waals surface area contributed by atoms with E-state index in [0.717, 1.165) is 0 Å². The van der Waals surface area contributed by atoms with Gasteiger partial charge in [0.25, 0.3) is 0 Å². The van der Waals surface area contributed by atoms with Crippen LogP contribution in [0.1, 0.15) is 29.9 Å². The minimum atomic E-state index is -0.994. The maximum Gasteiger partial charge on any atom is 0.339 e. The van der Waals surface area contributed by atoms with Gasteiger partial charge >= 0.3 is 5.97 Å². The minimum absolute atomic E-state index is 0.0206. The summed E-state index contributed by atoms with van der Waals surface area (Å²) in [5.74, 6) is -0.994. The second-order valence-corrected chi connectivity index (χ2v) is 4.33. The van der Waals surface area contributed by atoms with Crippen molar-refractivity contribution in [1.29, 1.82) is 0 Å². The summed E-state index contributed by atoms with van der Waals surface area (Å²) in [6, 6.07) is 0. The molecule has 0 bridgehead atoms. The Balaban J connectivity index is 2.81. The van der Waals surface area contributed by atoms with E-state index in [1.807, 2.05) is 13.8 Å². The van der Waals surface area contributed by atoms with E-state index in [9.17, 15) is 4.79 Å². The van der Waals surface area contributed by atoms with E-state index in [-0.39, 0.29) is 12.2 Å². The van der Waals surface area contributed by atoms with Crippen LogP contribution in [0, 0.1) is 0 Å². The Bertz CT molecular complexity index is 385. The van der Waals surface area contributed by atoms with Gasteiger partial charge in [0.05, 0.1) is 18.5 Å². The summed E-state index contributed by atoms with van der Waals surface area (Å²) in [5, 5.41) is 25.0. The number of nitrogens with zero attached hydrogens (tertiary/aromatic N) is 2. The van der Waals surface area contributed by atoms with E-state index in [0.29, 0.717) is 12.2 Å². The summed E-state index contributed by atoms with van der Waals surface area (Å²) in [6.45, 7) is 4.01. The van der Waals surface area contributed by atoms with Crippen LogP contribution in [0.3, 0.4) is 0 Å². The Kier molecular flexibility index (Phi) is 3.66. The number of carbonyl (C=O) groups is 1. The first-order valence-electron chi connectivity index (χ1n) is 4.97. The predicted molar refractivity (Wildman–Crippen MR) is 58.2 cm³/mol. The molecule has 3 N–H and O–H groups in total. The topological polar surface area (TPSA) is 87.4 Å². The van der Waals surface area contributed by atoms with Crippen LogP contribution >= 0.6 is 0 Å². The van der Waals surface area contributed by atoms with E-state index >= 15 is 0 Å². The molecule has 0 saturated heterocycles. The number of rotatable bonds is 5. The highest BCUT2D eigenvalue weighted by molar-refractivity contribution is 5.88. The summed E-state index contributed by atoms with van der Waals surface area (Å²) >= 11 is 0. The van der Waals surface area contributed by atoms with Crippen LogP contribution in [-0.4, -0.2) is 38.1 Å². The second-order valence-electron chi connectivity index (χ2n) is 4.33. The molecule has 0 unspecified atom stereocenters. The van der Waals surface area contributed by atoms with Gasteiger partial charge < -0.3 is 15.5 Å². The SMILES string of the molecule is Cn1ncc(C(=O)O)c1CNC(C)(C)CO. The van der Waals surface area contributed by atoms with Gasteiger partial charge in [-0.05, 0) is 13.8 Å². The van der Waals surface area contributed by atoms with E-state index < -0.39 is 11.5 Å². The molecule has 0 aliphatic carbocycles. The molecular formula is C10H17N3O3. The molecule has 0 saturated carbocycles. The monoisotopic (exact) mass is 227 g/mol. The molecular weight excluding hydrogens is 210 g/mol. The third kappa shape index (κ3) is 2.80. The van der Waals surface area contributed by atoms with Crippen molar-refractivity contribution in [3.8, 4) is 0 Å². The predicted octanol–water partition coefficient (Wildman–Crippen LogP) is -0.0212. The minimum Gasteiger partial charge on any atom is -0.478 e. The van der Waals surface area contributed by atoms with Crippen LogP contribution < -0.4 is 5.32 Å². The fourth-order valence-corrected chi connectivity index (χ4v) is 1.23. The molecule has 0 spiro atoms. The standard InChI is InChI=1S/C10H17N3O3/c1-10(2,6-14)11-5-8-7(9(15)16)4-12-13(8)3/h4,11,14H,5-6H2,1-3H3,(H,15,16). The lowest BCUT2D eigenvalue weighted by molar-refractivity contribution is 0.0695. The average molecular weight is 227 g/mol. The van der Waals surface area contributed by atoms with Crippen molar-refractivity contribution >= 4 is 5.97 Å². The quantitative estimate of drug-likeness (QED) is 0.658. The average Bonchev–Trinajstić information content (AvgIpc) is 2.57. The van der Waals surface area contributed by atoms with E-state index in [1.54, 1.807) is 7.05 Å². The lowest BCUT2D eigenvalue weighted by Gasteiger charge is -2.23. The molecule has 0 fully saturated rings. The van der Waals surface area contributed by atoms with Crippen LogP contribution in [0.2, 0.25) is 0 Å². The number of hydrogen-bond donors (Lipinski definition) is 3.